The minimum atomic E-state index is -4.80. The predicted molar refractivity (Wildman–Crippen MR) is 69.2 cm³/mol. The number of aromatic nitrogens is 2. The molecule has 1 aliphatic heterocycles. The van der Waals surface area contributed by atoms with Crippen molar-refractivity contribution in [3.8, 4) is 22.8 Å². The number of rotatable bonds is 1. The Morgan fingerprint density at radius 1 is 1.09 bits per heavy atom. The lowest BCUT2D eigenvalue weighted by atomic mass is 10.1. The van der Waals surface area contributed by atoms with E-state index in [0.29, 0.717) is 5.82 Å². The van der Waals surface area contributed by atoms with Gasteiger partial charge in [-0.25, -0.2) is 0 Å². The minimum Gasteiger partial charge on any atom is -0.421 e. The molecule has 5 nitrogen and oxygen atoms in total. The highest BCUT2D eigenvalue weighted by atomic mass is 35.5. The summed E-state index contributed by atoms with van der Waals surface area (Å²) in [5.74, 6) is -0.856. The van der Waals surface area contributed by atoms with Gasteiger partial charge in [0.25, 0.3) is 0 Å². The van der Waals surface area contributed by atoms with Crippen LogP contribution in [0.2, 0.25) is 5.02 Å². The summed E-state index contributed by atoms with van der Waals surface area (Å²) in [6.45, 7) is 0. The number of aryl methyl sites for hydroxylation is 1. The van der Waals surface area contributed by atoms with E-state index in [9.17, 15) is 17.6 Å². The molecule has 0 unspecified atom stereocenters. The zero-order valence-corrected chi connectivity index (χ0v) is 11.7. The van der Waals surface area contributed by atoms with Crippen molar-refractivity contribution >= 4 is 17.4 Å². The molecule has 1 aliphatic rings. The van der Waals surface area contributed by atoms with E-state index in [0.717, 1.165) is 12.1 Å². The molecule has 0 fully saturated rings. The van der Waals surface area contributed by atoms with E-state index in [1.165, 1.54) is 10.7 Å². The smallest absolute Gasteiger partial charge is 0.421 e. The van der Waals surface area contributed by atoms with Crippen molar-refractivity contribution in [2.24, 2.45) is 7.05 Å². The molecule has 2 N–H and O–H groups in total. The average molecular weight is 338 g/mol. The Labute approximate surface area is 126 Å². The van der Waals surface area contributed by atoms with E-state index in [-0.39, 0.29) is 16.3 Å². The highest BCUT2D eigenvalue weighted by molar-refractivity contribution is 6.33. The summed E-state index contributed by atoms with van der Waals surface area (Å²) in [6, 6.07) is 3.45. The van der Waals surface area contributed by atoms with Gasteiger partial charge in [-0.2, -0.15) is 22.7 Å². The fourth-order valence-corrected chi connectivity index (χ4v) is 2.15. The molecule has 0 bridgehead atoms. The van der Waals surface area contributed by atoms with E-state index in [4.69, 9.17) is 17.3 Å². The van der Waals surface area contributed by atoms with Gasteiger partial charge in [0.1, 0.15) is 5.82 Å². The van der Waals surface area contributed by atoms with Crippen molar-refractivity contribution in [2.75, 3.05) is 5.73 Å². The fourth-order valence-electron chi connectivity index (χ4n) is 1.90. The molecule has 118 valence electrons. The number of hydrogen-bond donors (Lipinski definition) is 1. The number of nitrogen functional groups attached to an aromatic ring is 1. The fraction of sp³-hybridized carbons (Fsp3) is 0.250. The maximum atomic E-state index is 13.2. The van der Waals surface area contributed by atoms with Crippen LogP contribution in [0.1, 0.15) is 0 Å². The molecule has 0 aliphatic carbocycles. The number of fused-ring (bicyclic) bond motifs is 1. The topological polar surface area (TPSA) is 62.3 Å². The Hall–Kier alpha value is -2.16. The van der Waals surface area contributed by atoms with Gasteiger partial charge in [-0.1, -0.05) is 11.6 Å². The molecule has 1 aromatic heterocycles. The Balaban J connectivity index is 2.11. The van der Waals surface area contributed by atoms with Gasteiger partial charge in [-0.3, -0.25) is 4.68 Å². The standard InChI is InChI=1S/C12H8ClF4N3O2/c1-20-10(18)4-7(19-20)5-2-8-9(3-6(5)13)22-12(16,17)11(14,15)21-8/h2-4H,18H2,1H3. The Bertz CT molecular complexity index is 744. The van der Waals surface area contributed by atoms with E-state index >= 15 is 0 Å². The SMILES string of the molecule is Cn1nc(-c2cc3c(cc2Cl)OC(F)(F)C(F)(F)O3)cc1N. The summed E-state index contributed by atoms with van der Waals surface area (Å²) in [6.07, 6.45) is -9.59. The second-order valence-corrected chi connectivity index (χ2v) is 5.00. The van der Waals surface area contributed by atoms with Crippen molar-refractivity contribution in [3.63, 3.8) is 0 Å². The number of hydrogen-bond acceptors (Lipinski definition) is 4. The van der Waals surface area contributed by atoms with Crippen LogP contribution in [0.4, 0.5) is 23.4 Å². The van der Waals surface area contributed by atoms with Crippen LogP contribution in [0.25, 0.3) is 11.3 Å². The molecule has 0 saturated carbocycles. The molecule has 1 aromatic carbocycles. The maximum Gasteiger partial charge on any atom is 0.507 e. The zero-order chi connectivity index (χ0) is 16.3. The van der Waals surface area contributed by atoms with Crippen LogP contribution in [-0.2, 0) is 7.05 Å². The third-order valence-corrected chi connectivity index (χ3v) is 3.35. The Kier molecular flexibility index (Phi) is 2.96. The molecule has 2 heterocycles. The van der Waals surface area contributed by atoms with Gasteiger partial charge in [-0.15, -0.1) is 0 Å². The quantitative estimate of drug-likeness (QED) is 0.811. The van der Waals surface area contributed by atoms with Crippen LogP contribution in [-0.4, -0.2) is 22.0 Å². The first-order chi connectivity index (χ1) is 10.1. The third kappa shape index (κ3) is 2.12. The Morgan fingerprint density at radius 2 is 1.64 bits per heavy atom. The third-order valence-electron chi connectivity index (χ3n) is 3.04. The maximum absolute atomic E-state index is 13.2. The summed E-state index contributed by atoms with van der Waals surface area (Å²) >= 11 is 5.96. The average Bonchev–Trinajstić information content (AvgIpc) is 2.70. The zero-order valence-electron chi connectivity index (χ0n) is 10.9. The number of nitrogens with zero attached hydrogens (tertiary/aromatic N) is 2. The van der Waals surface area contributed by atoms with Crippen LogP contribution in [0, 0.1) is 0 Å². The first kappa shape index (κ1) is 14.8. The molecule has 22 heavy (non-hydrogen) atoms. The van der Waals surface area contributed by atoms with E-state index in [2.05, 4.69) is 14.6 Å². The number of anilines is 1. The molecular formula is C12H8ClF4N3O2. The molecular weight excluding hydrogens is 330 g/mol. The number of nitrogens with two attached hydrogens (primary N) is 1. The first-order valence-electron chi connectivity index (χ1n) is 5.88. The lowest BCUT2D eigenvalue weighted by Gasteiger charge is -2.32. The van der Waals surface area contributed by atoms with Crippen LogP contribution < -0.4 is 15.2 Å². The summed E-state index contributed by atoms with van der Waals surface area (Å²) in [7, 11) is 1.57. The van der Waals surface area contributed by atoms with Crippen LogP contribution >= 0.6 is 11.6 Å². The van der Waals surface area contributed by atoms with Crippen LogP contribution in [0.5, 0.6) is 11.5 Å². The summed E-state index contributed by atoms with van der Waals surface area (Å²) in [5.41, 5.74) is 6.09. The molecule has 0 atom stereocenters. The number of alkyl halides is 4. The van der Waals surface area contributed by atoms with Gasteiger partial charge < -0.3 is 15.2 Å². The summed E-state index contributed by atoms with van der Waals surface area (Å²) in [5, 5.41) is 4.00. The van der Waals surface area contributed by atoms with Crippen molar-refractivity contribution in [2.45, 2.75) is 12.2 Å². The number of ether oxygens (including phenoxy) is 2. The summed E-state index contributed by atoms with van der Waals surface area (Å²) < 4.78 is 62.0. The van der Waals surface area contributed by atoms with Gasteiger partial charge >= 0.3 is 12.2 Å². The molecule has 3 rings (SSSR count). The van der Waals surface area contributed by atoms with Gasteiger partial charge in [0, 0.05) is 24.7 Å². The lowest BCUT2D eigenvalue weighted by Crippen LogP contribution is -2.52. The number of benzene rings is 1. The van der Waals surface area contributed by atoms with Crippen molar-refractivity contribution < 1.29 is 27.0 Å². The molecule has 10 heteroatoms. The van der Waals surface area contributed by atoms with E-state index in [1.54, 1.807) is 7.05 Å². The normalized spacial score (nSPS) is 18.3. The van der Waals surface area contributed by atoms with Gasteiger partial charge in [-0.05, 0) is 6.07 Å². The predicted octanol–water partition coefficient (Wildman–Crippen LogP) is 3.28. The van der Waals surface area contributed by atoms with Crippen LogP contribution in [0.15, 0.2) is 18.2 Å². The lowest BCUT2D eigenvalue weighted by molar-refractivity contribution is -0.391. The Morgan fingerprint density at radius 3 is 2.14 bits per heavy atom. The highest BCUT2D eigenvalue weighted by Crippen LogP contribution is 2.49. The van der Waals surface area contributed by atoms with E-state index < -0.39 is 23.7 Å². The molecule has 0 amide bonds. The van der Waals surface area contributed by atoms with Crippen LogP contribution in [0.3, 0.4) is 0 Å². The van der Waals surface area contributed by atoms with Crippen molar-refractivity contribution in [3.05, 3.63) is 23.2 Å². The van der Waals surface area contributed by atoms with Gasteiger partial charge in [0.05, 0.1) is 10.7 Å². The van der Waals surface area contributed by atoms with E-state index in [1.807, 2.05) is 0 Å². The second kappa shape index (κ2) is 4.42. The first-order valence-corrected chi connectivity index (χ1v) is 6.25. The number of halogens is 5. The van der Waals surface area contributed by atoms with Crippen molar-refractivity contribution in [1.29, 1.82) is 0 Å². The largest absolute Gasteiger partial charge is 0.507 e. The second-order valence-electron chi connectivity index (χ2n) is 4.59. The van der Waals surface area contributed by atoms with Gasteiger partial charge in [0.2, 0.25) is 0 Å². The highest BCUT2D eigenvalue weighted by Gasteiger charge is 2.66. The monoisotopic (exact) mass is 337 g/mol. The molecule has 2 aromatic rings. The molecule has 0 saturated heterocycles. The minimum absolute atomic E-state index is 0.0264. The molecule has 0 spiro atoms. The van der Waals surface area contributed by atoms with Gasteiger partial charge in [0.15, 0.2) is 11.5 Å². The summed E-state index contributed by atoms with van der Waals surface area (Å²) in [4.78, 5) is 0. The van der Waals surface area contributed by atoms with Crippen molar-refractivity contribution in [1.82, 2.24) is 9.78 Å². The molecule has 0 radical (unpaired) electrons.